The van der Waals surface area contributed by atoms with Crippen molar-refractivity contribution in [2.45, 2.75) is 25.4 Å². The molecule has 1 aromatic heterocycles. The van der Waals surface area contributed by atoms with Crippen LogP contribution >= 0.6 is 11.3 Å². The quantitative estimate of drug-likeness (QED) is 0.855. The highest BCUT2D eigenvalue weighted by Crippen LogP contribution is 2.41. The maximum Gasteiger partial charge on any atom is 0.277 e. The lowest BCUT2D eigenvalue weighted by Gasteiger charge is -2.21. The average Bonchev–Trinajstić information content (AvgIpc) is 3.28. The van der Waals surface area contributed by atoms with E-state index in [0.29, 0.717) is 31.4 Å². The number of carbonyl (C=O) groups excluding carboxylic acids is 1. The highest BCUT2D eigenvalue weighted by atomic mass is 32.1. The molecule has 0 unspecified atom stereocenters. The van der Waals surface area contributed by atoms with E-state index in [1.54, 1.807) is 16.2 Å². The largest absolute Gasteiger partial charge is 0.375 e. The van der Waals surface area contributed by atoms with E-state index < -0.39 is 0 Å². The Labute approximate surface area is 127 Å². The first-order valence-corrected chi connectivity index (χ1v) is 8.14. The van der Waals surface area contributed by atoms with Gasteiger partial charge in [0.2, 0.25) is 0 Å². The average molecular weight is 300 g/mol. The second kappa shape index (κ2) is 5.24. The first-order chi connectivity index (χ1) is 10.3. The monoisotopic (exact) mass is 300 g/mol. The van der Waals surface area contributed by atoms with Gasteiger partial charge in [0.15, 0.2) is 0 Å². The van der Waals surface area contributed by atoms with E-state index in [-0.39, 0.29) is 5.91 Å². The molecule has 0 bridgehead atoms. The second-order valence-corrected chi connectivity index (χ2v) is 6.37. The van der Waals surface area contributed by atoms with Crippen molar-refractivity contribution in [3.63, 3.8) is 0 Å². The summed E-state index contributed by atoms with van der Waals surface area (Å²) >= 11 is 1.61. The van der Waals surface area contributed by atoms with E-state index in [1.165, 1.54) is 12.8 Å². The zero-order valence-corrected chi connectivity index (χ0v) is 12.4. The molecule has 0 saturated heterocycles. The molecule has 1 aliphatic carbocycles. The molecule has 0 atom stereocenters. The summed E-state index contributed by atoms with van der Waals surface area (Å²) in [6, 6.07) is 7.93. The van der Waals surface area contributed by atoms with Crippen molar-refractivity contribution < 1.29 is 9.53 Å². The van der Waals surface area contributed by atoms with Gasteiger partial charge < -0.3 is 9.64 Å². The van der Waals surface area contributed by atoms with Crippen molar-refractivity contribution in [2.75, 3.05) is 18.1 Å². The van der Waals surface area contributed by atoms with E-state index in [1.807, 2.05) is 29.6 Å². The zero-order valence-electron chi connectivity index (χ0n) is 11.6. The molecule has 4 rings (SSSR count). The Balaban J connectivity index is 1.66. The molecule has 4 nitrogen and oxygen atoms in total. The van der Waals surface area contributed by atoms with Crippen molar-refractivity contribution in [1.29, 1.82) is 0 Å². The third-order valence-corrected chi connectivity index (χ3v) is 4.92. The van der Waals surface area contributed by atoms with E-state index in [2.05, 4.69) is 4.98 Å². The molecule has 2 heterocycles. The lowest BCUT2D eigenvalue weighted by atomic mass is 10.1. The van der Waals surface area contributed by atoms with Crippen LogP contribution in [0.2, 0.25) is 0 Å². The molecule has 21 heavy (non-hydrogen) atoms. The smallest absolute Gasteiger partial charge is 0.277 e. The van der Waals surface area contributed by atoms with Crippen molar-refractivity contribution >= 4 is 22.9 Å². The van der Waals surface area contributed by atoms with Gasteiger partial charge in [-0.1, -0.05) is 18.2 Å². The summed E-state index contributed by atoms with van der Waals surface area (Å²) in [4.78, 5) is 19.1. The molecule has 2 aliphatic rings. The third-order valence-electron chi connectivity index (χ3n) is 3.91. The highest BCUT2D eigenvalue weighted by molar-refractivity contribution is 7.10. The first kappa shape index (κ1) is 13.0. The standard InChI is InChI=1S/C16H16N2O2S/c19-16(13-10-21-15(17-13)11-5-6-11)18-7-8-20-9-12-3-1-2-4-14(12)18/h1-4,10-11H,5-9H2. The van der Waals surface area contributed by atoms with Crippen LogP contribution in [0.4, 0.5) is 5.69 Å². The van der Waals surface area contributed by atoms with Crippen LogP contribution in [0.5, 0.6) is 0 Å². The number of benzene rings is 1. The minimum Gasteiger partial charge on any atom is -0.375 e. The van der Waals surface area contributed by atoms with Gasteiger partial charge in [-0.25, -0.2) is 4.98 Å². The van der Waals surface area contributed by atoms with Crippen LogP contribution in [0.3, 0.4) is 0 Å². The van der Waals surface area contributed by atoms with Crippen LogP contribution in [-0.2, 0) is 11.3 Å². The SMILES string of the molecule is O=C(c1csc(C2CC2)n1)N1CCOCc2ccccc21. The van der Waals surface area contributed by atoms with Crippen LogP contribution in [0.25, 0.3) is 0 Å². The summed E-state index contributed by atoms with van der Waals surface area (Å²) in [5.41, 5.74) is 2.57. The summed E-state index contributed by atoms with van der Waals surface area (Å²) in [6.45, 7) is 1.69. The van der Waals surface area contributed by atoms with Gasteiger partial charge in [0, 0.05) is 29.1 Å². The molecule has 5 heteroatoms. The molecule has 1 aliphatic heterocycles. The fraction of sp³-hybridized carbons (Fsp3) is 0.375. The van der Waals surface area contributed by atoms with Crippen LogP contribution in [0.15, 0.2) is 29.6 Å². The Morgan fingerprint density at radius 2 is 2.19 bits per heavy atom. The maximum absolute atomic E-state index is 12.8. The molecule has 1 saturated carbocycles. The minimum absolute atomic E-state index is 0.0175. The number of thiazole rings is 1. The number of amides is 1. The number of rotatable bonds is 2. The second-order valence-electron chi connectivity index (χ2n) is 5.48. The van der Waals surface area contributed by atoms with Crippen LogP contribution < -0.4 is 4.90 Å². The summed E-state index contributed by atoms with van der Waals surface area (Å²) in [5.74, 6) is 0.576. The number of carbonyl (C=O) groups is 1. The van der Waals surface area contributed by atoms with Gasteiger partial charge in [0.05, 0.1) is 18.2 Å². The first-order valence-electron chi connectivity index (χ1n) is 7.26. The fourth-order valence-corrected chi connectivity index (χ4v) is 3.57. The zero-order chi connectivity index (χ0) is 14.2. The summed E-state index contributed by atoms with van der Waals surface area (Å²) < 4.78 is 5.58. The number of hydrogen-bond donors (Lipinski definition) is 0. The summed E-state index contributed by atoms with van der Waals surface area (Å²) in [5, 5.41) is 3.00. The number of para-hydroxylation sites is 1. The van der Waals surface area contributed by atoms with Crippen LogP contribution in [0.1, 0.15) is 39.8 Å². The molecular weight excluding hydrogens is 284 g/mol. The number of hydrogen-bond acceptors (Lipinski definition) is 4. The fourth-order valence-electron chi connectivity index (χ4n) is 2.61. The van der Waals surface area contributed by atoms with Gasteiger partial charge in [0.1, 0.15) is 5.69 Å². The minimum atomic E-state index is -0.0175. The number of fused-ring (bicyclic) bond motifs is 1. The van der Waals surface area contributed by atoms with Gasteiger partial charge in [-0.2, -0.15) is 0 Å². The number of ether oxygens (including phenoxy) is 1. The molecule has 0 radical (unpaired) electrons. The Morgan fingerprint density at radius 3 is 3.05 bits per heavy atom. The summed E-state index contributed by atoms with van der Waals surface area (Å²) in [7, 11) is 0. The van der Waals surface area contributed by atoms with Crippen LogP contribution in [0, 0.1) is 0 Å². The van der Waals surface area contributed by atoms with Crippen LogP contribution in [-0.4, -0.2) is 24.0 Å². The predicted molar refractivity (Wildman–Crippen MR) is 81.9 cm³/mol. The molecule has 1 amide bonds. The molecule has 1 aromatic carbocycles. The topological polar surface area (TPSA) is 42.4 Å². The van der Waals surface area contributed by atoms with Gasteiger partial charge in [-0.3, -0.25) is 4.79 Å². The predicted octanol–water partition coefficient (Wildman–Crippen LogP) is 3.20. The van der Waals surface area contributed by atoms with Gasteiger partial charge in [-0.15, -0.1) is 11.3 Å². The Morgan fingerprint density at radius 1 is 1.33 bits per heavy atom. The number of anilines is 1. The van der Waals surface area contributed by atoms with Gasteiger partial charge in [-0.05, 0) is 18.9 Å². The van der Waals surface area contributed by atoms with Crippen molar-refractivity contribution in [1.82, 2.24) is 4.98 Å². The molecule has 108 valence electrons. The number of aromatic nitrogens is 1. The van der Waals surface area contributed by atoms with Crippen molar-refractivity contribution in [2.24, 2.45) is 0 Å². The maximum atomic E-state index is 12.8. The van der Waals surface area contributed by atoms with E-state index in [0.717, 1.165) is 16.3 Å². The van der Waals surface area contributed by atoms with E-state index >= 15 is 0 Å². The third kappa shape index (κ3) is 2.47. The normalized spacial score (nSPS) is 18.2. The Bertz CT molecular complexity index is 678. The lowest BCUT2D eigenvalue weighted by Crippen LogP contribution is -2.33. The highest BCUT2D eigenvalue weighted by Gasteiger charge is 2.29. The van der Waals surface area contributed by atoms with E-state index in [4.69, 9.17) is 4.74 Å². The number of nitrogens with zero attached hydrogens (tertiary/aromatic N) is 2. The van der Waals surface area contributed by atoms with Crippen molar-refractivity contribution in [3.05, 3.63) is 45.9 Å². The summed E-state index contributed by atoms with van der Waals surface area (Å²) in [6.07, 6.45) is 2.42. The molecule has 1 fully saturated rings. The Hall–Kier alpha value is -1.72. The van der Waals surface area contributed by atoms with Crippen molar-refractivity contribution in [3.8, 4) is 0 Å². The van der Waals surface area contributed by atoms with Gasteiger partial charge >= 0.3 is 0 Å². The van der Waals surface area contributed by atoms with E-state index in [9.17, 15) is 4.79 Å². The molecule has 0 N–H and O–H groups in total. The molecular formula is C16H16N2O2S. The lowest BCUT2D eigenvalue weighted by molar-refractivity contribution is 0.0962. The molecule has 0 spiro atoms. The molecule has 2 aromatic rings. The van der Waals surface area contributed by atoms with Gasteiger partial charge in [0.25, 0.3) is 5.91 Å². The Kier molecular flexibility index (Phi) is 3.24.